The molecule has 0 N–H and O–H groups in total. The minimum absolute atomic E-state index is 0.0182. The van der Waals surface area contributed by atoms with Gasteiger partial charge in [-0.15, -0.1) is 0 Å². The van der Waals surface area contributed by atoms with Crippen molar-refractivity contribution in [3.63, 3.8) is 0 Å². The molecule has 1 rings (SSSR count). The lowest BCUT2D eigenvalue weighted by Gasteiger charge is -1.99. The summed E-state index contributed by atoms with van der Waals surface area (Å²) in [6.07, 6.45) is 0.984. The van der Waals surface area contributed by atoms with Crippen LogP contribution in [-0.4, -0.2) is 0 Å². The summed E-state index contributed by atoms with van der Waals surface area (Å²) in [7, 11) is 0. The van der Waals surface area contributed by atoms with Gasteiger partial charge in [0.2, 0.25) is 0 Å². The van der Waals surface area contributed by atoms with Gasteiger partial charge in [-0.1, -0.05) is 11.6 Å². The zero-order chi connectivity index (χ0) is 9.84. The largest absolute Gasteiger partial charge is 0.207 e. The molecule has 0 fully saturated rings. The highest BCUT2D eigenvalue weighted by Gasteiger charge is 2.06. The van der Waals surface area contributed by atoms with E-state index in [0.29, 0.717) is 6.07 Å². The Kier molecular flexibility index (Phi) is 2.99. The maximum Gasteiger partial charge on any atom is 0.134 e. The van der Waals surface area contributed by atoms with E-state index in [4.69, 9.17) is 16.9 Å². The van der Waals surface area contributed by atoms with Crippen LogP contribution in [0.3, 0.4) is 0 Å². The third kappa shape index (κ3) is 2.27. The van der Waals surface area contributed by atoms with Crippen molar-refractivity contribution in [1.82, 2.24) is 0 Å². The summed E-state index contributed by atoms with van der Waals surface area (Å²) < 4.78 is 25.4. The van der Waals surface area contributed by atoms with E-state index in [0.717, 1.165) is 12.1 Å². The second kappa shape index (κ2) is 4.01. The first-order chi connectivity index (χ1) is 6.15. The molecule has 0 radical (unpaired) electrons. The first-order valence-electron chi connectivity index (χ1n) is 3.36. The summed E-state index contributed by atoms with van der Waals surface area (Å²) in [6, 6.07) is 4.62. The van der Waals surface area contributed by atoms with E-state index in [2.05, 4.69) is 0 Å². The SMILES string of the molecule is N#CC=C(Cl)c1ccc(F)cc1F. The van der Waals surface area contributed by atoms with Crippen LogP contribution in [0.1, 0.15) is 5.56 Å². The van der Waals surface area contributed by atoms with Crippen molar-refractivity contribution in [2.45, 2.75) is 0 Å². The van der Waals surface area contributed by atoms with Crippen molar-refractivity contribution in [2.75, 3.05) is 0 Å². The average Bonchev–Trinajstić information content (AvgIpc) is 2.04. The Balaban J connectivity index is 3.18. The van der Waals surface area contributed by atoms with Crippen LogP contribution in [0.5, 0.6) is 0 Å². The molecule has 0 aliphatic heterocycles. The number of rotatable bonds is 1. The molecule has 0 heterocycles. The highest BCUT2D eigenvalue weighted by Crippen LogP contribution is 2.21. The van der Waals surface area contributed by atoms with Gasteiger partial charge in [0.1, 0.15) is 11.6 Å². The summed E-state index contributed by atoms with van der Waals surface area (Å²) in [5, 5.41) is 8.19. The summed E-state index contributed by atoms with van der Waals surface area (Å²) in [5.74, 6) is -1.46. The van der Waals surface area contributed by atoms with Crippen LogP contribution in [0, 0.1) is 23.0 Å². The molecule has 0 bridgehead atoms. The topological polar surface area (TPSA) is 23.8 Å². The molecule has 0 amide bonds. The quantitative estimate of drug-likeness (QED) is 0.638. The van der Waals surface area contributed by atoms with E-state index in [1.807, 2.05) is 0 Å². The number of hydrogen-bond acceptors (Lipinski definition) is 1. The molecule has 66 valence electrons. The molecular weight excluding hydrogens is 196 g/mol. The van der Waals surface area contributed by atoms with Crippen molar-refractivity contribution >= 4 is 16.6 Å². The third-order valence-electron chi connectivity index (χ3n) is 1.38. The normalized spacial score (nSPS) is 11.1. The van der Waals surface area contributed by atoms with Crippen LogP contribution >= 0.6 is 11.6 Å². The minimum Gasteiger partial charge on any atom is -0.207 e. The molecule has 4 heteroatoms. The Morgan fingerprint density at radius 1 is 1.46 bits per heavy atom. The van der Waals surface area contributed by atoms with Crippen molar-refractivity contribution in [1.29, 1.82) is 5.26 Å². The van der Waals surface area contributed by atoms with E-state index in [-0.39, 0.29) is 10.6 Å². The Hall–Kier alpha value is -1.40. The maximum absolute atomic E-state index is 12.9. The molecule has 13 heavy (non-hydrogen) atoms. The Labute approximate surface area is 78.9 Å². The van der Waals surface area contributed by atoms with E-state index < -0.39 is 11.6 Å². The van der Waals surface area contributed by atoms with Gasteiger partial charge in [0.15, 0.2) is 0 Å². The number of halogens is 3. The molecule has 0 spiro atoms. The third-order valence-corrected chi connectivity index (χ3v) is 1.69. The van der Waals surface area contributed by atoms with E-state index in [1.165, 1.54) is 6.07 Å². The molecule has 1 nitrogen and oxygen atoms in total. The van der Waals surface area contributed by atoms with Crippen LogP contribution in [0.15, 0.2) is 24.3 Å². The molecule has 0 saturated heterocycles. The lowest BCUT2D eigenvalue weighted by molar-refractivity contribution is 0.581. The van der Waals surface area contributed by atoms with Gasteiger partial charge in [0, 0.05) is 17.7 Å². The van der Waals surface area contributed by atoms with Gasteiger partial charge in [0.05, 0.1) is 11.1 Å². The van der Waals surface area contributed by atoms with Gasteiger partial charge >= 0.3 is 0 Å². The zero-order valence-corrected chi connectivity index (χ0v) is 7.15. The maximum atomic E-state index is 12.9. The fourth-order valence-corrected chi connectivity index (χ4v) is 1.02. The monoisotopic (exact) mass is 199 g/mol. The lowest BCUT2D eigenvalue weighted by Crippen LogP contribution is -1.86. The number of hydrogen-bond donors (Lipinski definition) is 0. The standard InChI is InChI=1S/C9H4ClF2N/c10-8(3-4-13)7-2-1-6(11)5-9(7)12/h1-3,5H. The molecule has 0 aromatic heterocycles. The van der Waals surface area contributed by atoms with E-state index >= 15 is 0 Å². The second-order valence-corrected chi connectivity index (χ2v) is 2.65. The van der Waals surface area contributed by atoms with Crippen LogP contribution in [0.4, 0.5) is 8.78 Å². The number of nitriles is 1. The van der Waals surface area contributed by atoms with Crippen molar-refractivity contribution in [2.24, 2.45) is 0 Å². The molecule has 0 saturated carbocycles. The highest BCUT2D eigenvalue weighted by molar-refractivity contribution is 6.49. The minimum atomic E-state index is -0.781. The van der Waals surface area contributed by atoms with Gasteiger partial charge in [-0.05, 0) is 12.1 Å². The lowest BCUT2D eigenvalue weighted by atomic mass is 10.2. The zero-order valence-electron chi connectivity index (χ0n) is 6.39. The first-order valence-corrected chi connectivity index (χ1v) is 3.73. The Morgan fingerprint density at radius 2 is 2.15 bits per heavy atom. The highest BCUT2D eigenvalue weighted by atomic mass is 35.5. The molecule has 0 aliphatic rings. The van der Waals surface area contributed by atoms with Crippen LogP contribution in [-0.2, 0) is 0 Å². The molecule has 1 aromatic rings. The van der Waals surface area contributed by atoms with Gasteiger partial charge in [-0.2, -0.15) is 5.26 Å². The average molecular weight is 200 g/mol. The van der Waals surface area contributed by atoms with E-state index in [9.17, 15) is 8.78 Å². The van der Waals surface area contributed by atoms with Gasteiger partial charge in [-0.25, -0.2) is 8.78 Å². The fourth-order valence-electron chi connectivity index (χ4n) is 0.818. The number of allylic oxidation sites excluding steroid dienone is 1. The predicted molar refractivity (Wildman–Crippen MR) is 45.8 cm³/mol. The smallest absolute Gasteiger partial charge is 0.134 e. The molecule has 0 aliphatic carbocycles. The summed E-state index contributed by atoms with van der Waals surface area (Å²) in [5.41, 5.74) is 0.0182. The van der Waals surface area contributed by atoms with Crippen molar-refractivity contribution in [3.8, 4) is 6.07 Å². The molecule has 0 unspecified atom stereocenters. The van der Waals surface area contributed by atoms with Gasteiger partial charge in [-0.3, -0.25) is 0 Å². The summed E-state index contributed by atoms with van der Waals surface area (Å²) >= 11 is 5.54. The van der Waals surface area contributed by atoms with E-state index in [1.54, 1.807) is 6.07 Å². The van der Waals surface area contributed by atoms with Crippen LogP contribution < -0.4 is 0 Å². The number of nitrogens with zero attached hydrogens (tertiary/aromatic N) is 1. The molecule has 0 atom stereocenters. The second-order valence-electron chi connectivity index (χ2n) is 2.25. The summed E-state index contributed by atoms with van der Waals surface area (Å²) in [4.78, 5) is 0. The predicted octanol–water partition coefficient (Wildman–Crippen LogP) is 3.07. The molecular formula is C9H4ClF2N. The first kappa shape index (κ1) is 9.69. The van der Waals surface area contributed by atoms with Gasteiger partial charge in [0.25, 0.3) is 0 Å². The van der Waals surface area contributed by atoms with Crippen molar-refractivity contribution < 1.29 is 8.78 Å². The Morgan fingerprint density at radius 3 is 2.69 bits per heavy atom. The fraction of sp³-hybridized carbons (Fsp3) is 0. The summed E-state index contributed by atoms with van der Waals surface area (Å²) in [6.45, 7) is 0. The Bertz CT molecular complexity index is 393. The van der Waals surface area contributed by atoms with Crippen molar-refractivity contribution in [3.05, 3.63) is 41.5 Å². The van der Waals surface area contributed by atoms with Crippen LogP contribution in [0.25, 0.3) is 5.03 Å². The van der Waals surface area contributed by atoms with Gasteiger partial charge < -0.3 is 0 Å². The van der Waals surface area contributed by atoms with Crippen LogP contribution in [0.2, 0.25) is 0 Å². The number of benzene rings is 1. The molecule has 1 aromatic carbocycles.